The number of thiophene rings is 1. The summed E-state index contributed by atoms with van der Waals surface area (Å²) in [6.45, 7) is 3.27. The first-order valence-electron chi connectivity index (χ1n) is 7.10. The lowest BCUT2D eigenvalue weighted by atomic mass is 10.0. The van der Waals surface area contributed by atoms with E-state index in [9.17, 15) is 9.18 Å². The summed E-state index contributed by atoms with van der Waals surface area (Å²) in [4.78, 5) is 15.8. The molecule has 3 rings (SSSR count). The molecule has 1 aromatic carbocycles. The van der Waals surface area contributed by atoms with E-state index in [-0.39, 0.29) is 17.0 Å². The van der Waals surface area contributed by atoms with Crippen molar-refractivity contribution in [3.63, 3.8) is 0 Å². The summed E-state index contributed by atoms with van der Waals surface area (Å²) >= 11 is 7.71. The van der Waals surface area contributed by atoms with Crippen molar-refractivity contribution < 1.29 is 9.18 Å². The van der Waals surface area contributed by atoms with E-state index < -0.39 is 5.82 Å². The van der Waals surface area contributed by atoms with Crippen LogP contribution in [0.1, 0.15) is 23.4 Å². The molecular weight excluding hydrogens is 323 g/mol. The highest BCUT2D eigenvalue weighted by molar-refractivity contribution is 7.10. The van der Waals surface area contributed by atoms with Crippen molar-refractivity contribution in [1.82, 2.24) is 4.90 Å². The Labute approximate surface area is 137 Å². The molecule has 0 saturated heterocycles. The Morgan fingerprint density at radius 3 is 3.09 bits per heavy atom. The van der Waals surface area contributed by atoms with Gasteiger partial charge in [-0.15, -0.1) is 11.3 Å². The van der Waals surface area contributed by atoms with Crippen LogP contribution in [0.25, 0.3) is 0 Å². The Balaban J connectivity index is 1.65. The van der Waals surface area contributed by atoms with Gasteiger partial charge in [0.05, 0.1) is 17.3 Å². The third kappa shape index (κ3) is 3.16. The molecular formula is C16H16ClFN2OS. The van der Waals surface area contributed by atoms with Crippen LogP contribution in [0.5, 0.6) is 0 Å². The third-order valence-corrected chi connectivity index (χ3v) is 5.26. The maximum absolute atomic E-state index is 13.0. The Morgan fingerprint density at radius 1 is 1.50 bits per heavy atom. The molecule has 1 aliphatic heterocycles. The van der Waals surface area contributed by atoms with Gasteiger partial charge in [-0.05, 0) is 48.6 Å². The summed E-state index contributed by atoms with van der Waals surface area (Å²) in [6.07, 6.45) is 0.974. The van der Waals surface area contributed by atoms with E-state index in [2.05, 4.69) is 28.6 Å². The van der Waals surface area contributed by atoms with Gasteiger partial charge in [-0.1, -0.05) is 11.6 Å². The SMILES string of the molecule is CC1c2ccsc2CCN1CC(=O)Nc1ccc(F)cc1Cl. The van der Waals surface area contributed by atoms with Crippen molar-refractivity contribution in [3.8, 4) is 0 Å². The van der Waals surface area contributed by atoms with Crippen LogP contribution in [0.4, 0.5) is 10.1 Å². The maximum Gasteiger partial charge on any atom is 0.238 e. The number of anilines is 1. The maximum atomic E-state index is 13.0. The average Bonchev–Trinajstić information content (AvgIpc) is 2.94. The fraction of sp³-hybridized carbons (Fsp3) is 0.312. The molecule has 0 saturated carbocycles. The van der Waals surface area contributed by atoms with Crippen molar-refractivity contribution in [3.05, 3.63) is 50.9 Å². The Hall–Kier alpha value is -1.43. The monoisotopic (exact) mass is 338 g/mol. The summed E-state index contributed by atoms with van der Waals surface area (Å²) in [7, 11) is 0. The topological polar surface area (TPSA) is 32.3 Å². The normalized spacial score (nSPS) is 18.0. The molecule has 6 heteroatoms. The number of hydrogen-bond donors (Lipinski definition) is 1. The molecule has 22 heavy (non-hydrogen) atoms. The number of benzene rings is 1. The number of amides is 1. The highest BCUT2D eigenvalue weighted by atomic mass is 35.5. The van der Waals surface area contributed by atoms with Crippen LogP contribution in [0, 0.1) is 5.82 Å². The first-order chi connectivity index (χ1) is 10.5. The smallest absolute Gasteiger partial charge is 0.238 e. The molecule has 2 heterocycles. The number of nitrogens with one attached hydrogen (secondary N) is 1. The molecule has 1 unspecified atom stereocenters. The van der Waals surface area contributed by atoms with Gasteiger partial charge in [0.1, 0.15) is 5.82 Å². The fourth-order valence-corrected chi connectivity index (χ4v) is 3.92. The zero-order valence-corrected chi connectivity index (χ0v) is 13.7. The van der Waals surface area contributed by atoms with Crippen LogP contribution in [-0.4, -0.2) is 23.9 Å². The van der Waals surface area contributed by atoms with Crippen molar-refractivity contribution >= 4 is 34.5 Å². The molecule has 0 radical (unpaired) electrons. The summed E-state index contributed by atoms with van der Waals surface area (Å²) in [5.41, 5.74) is 1.75. The molecule has 1 N–H and O–H groups in total. The summed E-state index contributed by atoms with van der Waals surface area (Å²) in [6, 6.07) is 6.31. The van der Waals surface area contributed by atoms with E-state index in [0.717, 1.165) is 13.0 Å². The number of fused-ring (bicyclic) bond motifs is 1. The predicted molar refractivity (Wildman–Crippen MR) is 88.1 cm³/mol. The van der Waals surface area contributed by atoms with Crippen LogP contribution < -0.4 is 5.32 Å². The average molecular weight is 339 g/mol. The van der Waals surface area contributed by atoms with Gasteiger partial charge in [0.25, 0.3) is 0 Å². The van der Waals surface area contributed by atoms with Crippen LogP contribution in [0.2, 0.25) is 5.02 Å². The molecule has 0 fully saturated rings. The van der Waals surface area contributed by atoms with Gasteiger partial charge in [-0.3, -0.25) is 9.69 Å². The van der Waals surface area contributed by atoms with Gasteiger partial charge >= 0.3 is 0 Å². The highest BCUT2D eigenvalue weighted by Crippen LogP contribution is 2.32. The van der Waals surface area contributed by atoms with E-state index in [4.69, 9.17) is 11.6 Å². The van der Waals surface area contributed by atoms with Gasteiger partial charge in [-0.2, -0.15) is 0 Å². The number of rotatable bonds is 3. The van der Waals surface area contributed by atoms with Gasteiger partial charge in [0.15, 0.2) is 0 Å². The Morgan fingerprint density at radius 2 is 2.32 bits per heavy atom. The minimum atomic E-state index is -0.419. The Kier molecular flexibility index (Phi) is 4.47. The number of carbonyl (C=O) groups is 1. The van der Waals surface area contributed by atoms with E-state index in [1.165, 1.54) is 28.6 Å². The lowest BCUT2D eigenvalue weighted by Crippen LogP contribution is -2.39. The molecule has 0 spiro atoms. The zero-order chi connectivity index (χ0) is 15.7. The van der Waals surface area contributed by atoms with E-state index in [0.29, 0.717) is 12.2 Å². The molecule has 1 amide bonds. The van der Waals surface area contributed by atoms with E-state index in [1.807, 2.05) is 0 Å². The van der Waals surface area contributed by atoms with E-state index in [1.54, 1.807) is 11.3 Å². The second-order valence-corrected chi connectivity index (χ2v) is 6.78. The second kappa shape index (κ2) is 6.36. The molecule has 0 aliphatic carbocycles. The molecule has 0 bridgehead atoms. The zero-order valence-electron chi connectivity index (χ0n) is 12.1. The highest BCUT2D eigenvalue weighted by Gasteiger charge is 2.26. The molecule has 116 valence electrons. The van der Waals surface area contributed by atoms with Gasteiger partial charge in [-0.25, -0.2) is 4.39 Å². The van der Waals surface area contributed by atoms with Crippen molar-refractivity contribution in [2.45, 2.75) is 19.4 Å². The quantitative estimate of drug-likeness (QED) is 0.913. The number of carbonyl (C=O) groups excluding carboxylic acids is 1. The van der Waals surface area contributed by atoms with Crippen LogP contribution in [-0.2, 0) is 11.2 Å². The minimum absolute atomic E-state index is 0.140. The predicted octanol–water partition coefficient (Wildman–Crippen LogP) is 4.10. The van der Waals surface area contributed by atoms with Crippen LogP contribution in [0.15, 0.2) is 29.6 Å². The van der Waals surface area contributed by atoms with Crippen LogP contribution >= 0.6 is 22.9 Å². The van der Waals surface area contributed by atoms with E-state index >= 15 is 0 Å². The number of halogens is 2. The summed E-state index contributed by atoms with van der Waals surface area (Å²) in [5.74, 6) is -0.559. The van der Waals surface area contributed by atoms with Gasteiger partial charge in [0, 0.05) is 17.5 Å². The number of nitrogens with zero attached hydrogens (tertiary/aromatic N) is 1. The van der Waals surface area contributed by atoms with Crippen LogP contribution in [0.3, 0.4) is 0 Å². The largest absolute Gasteiger partial charge is 0.324 e. The molecule has 2 aromatic rings. The van der Waals surface area contributed by atoms with Gasteiger partial charge < -0.3 is 5.32 Å². The fourth-order valence-electron chi connectivity index (χ4n) is 2.74. The van der Waals surface area contributed by atoms with Crippen molar-refractivity contribution in [1.29, 1.82) is 0 Å². The second-order valence-electron chi connectivity index (χ2n) is 5.37. The standard InChI is InChI=1S/C16H16ClFN2OS/c1-10-12-5-7-22-15(12)4-6-20(10)9-16(21)19-14-3-2-11(18)8-13(14)17/h2-3,5,7-8,10H,4,6,9H2,1H3,(H,19,21). The Bertz CT molecular complexity index is 703. The summed E-state index contributed by atoms with van der Waals surface area (Å²) in [5, 5.41) is 5.06. The summed E-state index contributed by atoms with van der Waals surface area (Å²) < 4.78 is 13.0. The lowest BCUT2D eigenvalue weighted by Gasteiger charge is -2.32. The molecule has 1 aromatic heterocycles. The molecule has 3 nitrogen and oxygen atoms in total. The lowest BCUT2D eigenvalue weighted by molar-refractivity contribution is -0.117. The molecule has 1 atom stereocenters. The third-order valence-electron chi connectivity index (χ3n) is 3.96. The number of hydrogen-bond acceptors (Lipinski definition) is 3. The van der Waals surface area contributed by atoms with Gasteiger partial charge in [0.2, 0.25) is 5.91 Å². The first kappa shape index (κ1) is 15.5. The van der Waals surface area contributed by atoms with Crippen molar-refractivity contribution in [2.24, 2.45) is 0 Å². The van der Waals surface area contributed by atoms with Crippen molar-refractivity contribution in [2.75, 3.05) is 18.4 Å². The molecule has 1 aliphatic rings. The first-order valence-corrected chi connectivity index (χ1v) is 8.35. The minimum Gasteiger partial charge on any atom is -0.324 e.